The number of esters is 1. The molecule has 4 heteroatoms. The quantitative estimate of drug-likeness (QED) is 0.530. The summed E-state index contributed by atoms with van der Waals surface area (Å²) < 4.78 is 10.2. The van der Waals surface area contributed by atoms with Gasteiger partial charge in [0.2, 0.25) is 0 Å². The minimum Gasteiger partial charge on any atom is -0.484 e. The van der Waals surface area contributed by atoms with E-state index < -0.39 is 0 Å². The summed E-state index contributed by atoms with van der Waals surface area (Å²) in [5.74, 6) is 0.413. The van der Waals surface area contributed by atoms with Gasteiger partial charge in [-0.2, -0.15) is 0 Å². The smallest absolute Gasteiger partial charge is 0.311 e. The van der Waals surface area contributed by atoms with Crippen LogP contribution in [-0.2, 0) is 14.3 Å². The van der Waals surface area contributed by atoms with Gasteiger partial charge in [0.15, 0.2) is 5.90 Å². The van der Waals surface area contributed by atoms with Crippen LogP contribution in [-0.4, -0.2) is 31.6 Å². The van der Waals surface area contributed by atoms with Gasteiger partial charge in [-0.3, -0.25) is 9.79 Å². The first kappa shape index (κ1) is 14.0. The summed E-state index contributed by atoms with van der Waals surface area (Å²) in [7, 11) is 1.61. The lowest BCUT2D eigenvalue weighted by atomic mass is 9.95. The van der Waals surface area contributed by atoms with Crippen LogP contribution in [0.15, 0.2) is 4.99 Å². The molecule has 0 N–H and O–H groups in total. The second-order valence-corrected chi connectivity index (χ2v) is 4.35. The van der Waals surface area contributed by atoms with E-state index in [1.54, 1.807) is 7.11 Å². The lowest BCUT2D eigenvalue weighted by Gasteiger charge is -2.15. The summed E-state index contributed by atoms with van der Waals surface area (Å²) >= 11 is 0. The molecule has 2 unspecified atom stereocenters. The predicted octanol–water partition coefficient (Wildman–Crippen LogP) is 2.56. The average molecular weight is 241 g/mol. The standard InChI is InChI=1S/C13H23NO3/c1-4-6-7-8-11-10(13(15)17-5-2)9-12(14-11)16-3/h10-11H,4-9H2,1-3H3. The van der Waals surface area contributed by atoms with Gasteiger partial charge < -0.3 is 9.47 Å². The average Bonchev–Trinajstić information content (AvgIpc) is 2.73. The maximum atomic E-state index is 11.8. The van der Waals surface area contributed by atoms with Gasteiger partial charge in [-0.15, -0.1) is 0 Å². The van der Waals surface area contributed by atoms with E-state index in [0.29, 0.717) is 18.9 Å². The number of ether oxygens (including phenoxy) is 2. The molecule has 0 saturated heterocycles. The highest BCUT2D eigenvalue weighted by Crippen LogP contribution is 2.27. The molecule has 1 rings (SSSR count). The number of hydrogen-bond acceptors (Lipinski definition) is 4. The lowest BCUT2D eigenvalue weighted by molar-refractivity contribution is -0.148. The van der Waals surface area contributed by atoms with Gasteiger partial charge in [0.25, 0.3) is 0 Å². The molecule has 0 saturated carbocycles. The molecule has 0 fully saturated rings. The van der Waals surface area contributed by atoms with E-state index in [-0.39, 0.29) is 17.9 Å². The second-order valence-electron chi connectivity index (χ2n) is 4.35. The van der Waals surface area contributed by atoms with Crippen LogP contribution in [0.2, 0.25) is 0 Å². The summed E-state index contributed by atoms with van der Waals surface area (Å²) in [6, 6.07) is 0.0514. The van der Waals surface area contributed by atoms with Crippen LogP contribution in [0.3, 0.4) is 0 Å². The summed E-state index contributed by atoms with van der Waals surface area (Å²) in [5.41, 5.74) is 0. The van der Waals surface area contributed by atoms with Gasteiger partial charge in [0, 0.05) is 6.42 Å². The Balaban J connectivity index is 2.53. The third kappa shape index (κ3) is 4.02. The summed E-state index contributed by atoms with van der Waals surface area (Å²) in [5, 5.41) is 0. The Hall–Kier alpha value is -1.06. The normalized spacial score (nSPS) is 23.4. The van der Waals surface area contributed by atoms with Crippen molar-refractivity contribution in [3.8, 4) is 0 Å². The maximum absolute atomic E-state index is 11.8. The van der Waals surface area contributed by atoms with Crippen molar-refractivity contribution >= 4 is 11.9 Å². The number of hydrogen-bond donors (Lipinski definition) is 0. The van der Waals surface area contributed by atoms with Crippen molar-refractivity contribution in [1.82, 2.24) is 0 Å². The highest BCUT2D eigenvalue weighted by Gasteiger charge is 2.36. The molecule has 1 heterocycles. The van der Waals surface area contributed by atoms with Gasteiger partial charge in [-0.25, -0.2) is 0 Å². The van der Waals surface area contributed by atoms with Crippen LogP contribution in [0.4, 0.5) is 0 Å². The van der Waals surface area contributed by atoms with Gasteiger partial charge in [0.05, 0.1) is 25.7 Å². The fraction of sp³-hybridized carbons (Fsp3) is 0.846. The van der Waals surface area contributed by atoms with Crippen molar-refractivity contribution in [1.29, 1.82) is 0 Å². The maximum Gasteiger partial charge on any atom is 0.311 e. The largest absolute Gasteiger partial charge is 0.484 e. The molecule has 4 nitrogen and oxygen atoms in total. The molecule has 1 aliphatic heterocycles. The molecule has 0 aliphatic carbocycles. The number of carbonyl (C=O) groups is 1. The van der Waals surface area contributed by atoms with Crippen LogP contribution in [0.1, 0.15) is 46.0 Å². The Morgan fingerprint density at radius 1 is 1.41 bits per heavy atom. The zero-order valence-corrected chi connectivity index (χ0v) is 11.1. The summed E-state index contributed by atoms with van der Waals surface area (Å²) in [6.45, 7) is 4.43. The minimum absolute atomic E-state index is 0.0514. The molecule has 0 spiro atoms. The van der Waals surface area contributed by atoms with E-state index in [1.165, 1.54) is 12.8 Å². The second kappa shape index (κ2) is 7.30. The SMILES string of the molecule is CCCCCC1N=C(OC)CC1C(=O)OCC. The molecular weight excluding hydrogens is 218 g/mol. The molecule has 2 atom stereocenters. The van der Waals surface area contributed by atoms with Crippen molar-refractivity contribution in [3.05, 3.63) is 0 Å². The number of carbonyl (C=O) groups excluding carboxylic acids is 1. The fourth-order valence-electron chi connectivity index (χ4n) is 2.15. The predicted molar refractivity (Wildman–Crippen MR) is 67.1 cm³/mol. The Bertz CT molecular complexity index is 276. The minimum atomic E-state index is -0.137. The first-order valence-electron chi connectivity index (χ1n) is 6.50. The zero-order chi connectivity index (χ0) is 12.7. The monoisotopic (exact) mass is 241 g/mol. The van der Waals surface area contributed by atoms with E-state index in [4.69, 9.17) is 9.47 Å². The summed E-state index contributed by atoms with van der Waals surface area (Å²) in [4.78, 5) is 16.3. The molecule has 0 radical (unpaired) electrons. The topological polar surface area (TPSA) is 47.9 Å². The highest BCUT2D eigenvalue weighted by molar-refractivity contribution is 5.86. The van der Waals surface area contributed by atoms with E-state index in [1.807, 2.05) is 6.92 Å². The number of rotatable bonds is 6. The molecule has 0 amide bonds. The van der Waals surface area contributed by atoms with Crippen molar-refractivity contribution in [2.75, 3.05) is 13.7 Å². The molecule has 0 aromatic carbocycles. The van der Waals surface area contributed by atoms with E-state index in [9.17, 15) is 4.79 Å². The highest BCUT2D eigenvalue weighted by atomic mass is 16.5. The van der Waals surface area contributed by atoms with Gasteiger partial charge in [-0.1, -0.05) is 26.2 Å². The first-order chi connectivity index (χ1) is 8.22. The van der Waals surface area contributed by atoms with Gasteiger partial charge >= 0.3 is 5.97 Å². The van der Waals surface area contributed by atoms with Gasteiger partial charge in [-0.05, 0) is 13.3 Å². The van der Waals surface area contributed by atoms with Crippen LogP contribution in [0.5, 0.6) is 0 Å². The third-order valence-electron chi connectivity index (χ3n) is 3.10. The van der Waals surface area contributed by atoms with Crippen LogP contribution >= 0.6 is 0 Å². The number of aliphatic imine (C=N–C) groups is 1. The molecule has 98 valence electrons. The Morgan fingerprint density at radius 3 is 2.76 bits per heavy atom. The molecule has 0 aromatic heterocycles. The fourth-order valence-corrected chi connectivity index (χ4v) is 2.15. The van der Waals surface area contributed by atoms with Crippen molar-refractivity contribution in [3.63, 3.8) is 0 Å². The van der Waals surface area contributed by atoms with E-state index >= 15 is 0 Å². The van der Waals surface area contributed by atoms with Crippen molar-refractivity contribution < 1.29 is 14.3 Å². The first-order valence-corrected chi connectivity index (χ1v) is 6.50. The molecular formula is C13H23NO3. The Kier molecular flexibility index (Phi) is 6.01. The third-order valence-corrected chi connectivity index (χ3v) is 3.10. The van der Waals surface area contributed by atoms with Crippen molar-refractivity contribution in [2.45, 2.75) is 52.0 Å². The zero-order valence-electron chi connectivity index (χ0n) is 11.1. The Labute approximate surface area is 103 Å². The van der Waals surface area contributed by atoms with Crippen LogP contribution in [0.25, 0.3) is 0 Å². The lowest BCUT2D eigenvalue weighted by Crippen LogP contribution is -2.26. The molecule has 1 aliphatic rings. The van der Waals surface area contributed by atoms with Crippen LogP contribution in [0, 0.1) is 5.92 Å². The van der Waals surface area contributed by atoms with E-state index in [0.717, 1.165) is 12.8 Å². The molecule has 17 heavy (non-hydrogen) atoms. The number of methoxy groups -OCH3 is 1. The Morgan fingerprint density at radius 2 is 2.18 bits per heavy atom. The number of nitrogens with zero attached hydrogens (tertiary/aromatic N) is 1. The van der Waals surface area contributed by atoms with Crippen molar-refractivity contribution in [2.24, 2.45) is 10.9 Å². The molecule has 0 bridgehead atoms. The van der Waals surface area contributed by atoms with E-state index in [2.05, 4.69) is 11.9 Å². The summed E-state index contributed by atoms with van der Waals surface area (Å²) in [6.07, 6.45) is 5.01. The number of unbranched alkanes of at least 4 members (excludes halogenated alkanes) is 2. The van der Waals surface area contributed by atoms with Crippen LogP contribution < -0.4 is 0 Å². The molecule has 0 aromatic rings. The van der Waals surface area contributed by atoms with Gasteiger partial charge in [0.1, 0.15) is 0 Å².